The van der Waals surface area contributed by atoms with E-state index < -0.39 is 37.2 Å². The van der Waals surface area contributed by atoms with Gasteiger partial charge in [-0.2, -0.15) is 0 Å². The minimum atomic E-state index is -1.04. The first-order valence-electron chi connectivity index (χ1n) is 8.40. The van der Waals surface area contributed by atoms with Gasteiger partial charge in [0.25, 0.3) is 0 Å². The third-order valence-electron chi connectivity index (χ3n) is 3.39. The van der Waals surface area contributed by atoms with Crippen LogP contribution in [0.15, 0.2) is 0 Å². The molecule has 0 amide bonds. The minimum absolute atomic E-state index is 0.000552. The van der Waals surface area contributed by atoms with Crippen LogP contribution in [0.5, 0.6) is 0 Å². The van der Waals surface area contributed by atoms with Gasteiger partial charge in [0.1, 0.15) is 0 Å². The van der Waals surface area contributed by atoms with Gasteiger partial charge in [0.05, 0.1) is 52.9 Å². The molecule has 0 unspecified atom stereocenters. The average molecular weight is 384 g/mol. The number of ether oxygens (including phenoxy) is 2. The van der Waals surface area contributed by atoms with E-state index in [1.165, 1.54) is 0 Å². The number of aliphatic hydroxyl groups is 5. The predicted octanol–water partition coefficient (Wildman–Crippen LogP) is -1.48. The van der Waals surface area contributed by atoms with Gasteiger partial charge in [0.15, 0.2) is 0 Å². The molecule has 0 bridgehead atoms. The molecule has 6 N–H and O–H groups in total. The van der Waals surface area contributed by atoms with Gasteiger partial charge in [-0.1, -0.05) is 0 Å². The Bertz CT molecular complexity index is 332. The van der Waals surface area contributed by atoms with Gasteiger partial charge in [-0.15, -0.1) is 0 Å². The van der Waals surface area contributed by atoms with E-state index in [4.69, 9.17) is 35.4 Å². The summed E-state index contributed by atoms with van der Waals surface area (Å²) in [4.78, 5) is 21.5. The second kappa shape index (κ2) is 18.5. The lowest BCUT2D eigenvalue weighted by molar-refractivity contribution is -0.146. The Hall–Kier alpha value is -1.30. The summed E-state index contributed by atoms with van der Waals surface area (Å²) in [5.74, 6) is -1.35. The molecule has 0 aliphatic carbocycles. The van der Waals surface area contributed by atoms with Crippen LogP contribution in [0.2, 0.25) is 0 Å². The van der Waals surface area contributed by atoms with Crippen molar-refractivity contribution >= 4 is 11.9 Å². The molecule has 0 aromatic heterocycles. The summed E-state index contributed by atoms with van der Waals surface area (Å²) >= 11 is 0. The number of esters is 1. The van der Waals surface area contributed by atoms with Gasteiger partial charge in [0.2, 0.25) is 0 Å². The lowest BCUT2D eigenvalue weighted by Gasteiger charge is -2.26. The Labute approximate surface area is 153 Å². The Kier molecular flexibility index (Phi) is 19.1. The Morgan fingerprint density at radius 3 is 1.69 bits per heavy atom. The van der Waals surface area contributed by atoms with Gasteiger partial charge >= 0.3 is 11.9 Å². The fourth-order valence-electron chi connectivity index (χ4n) is 1.62. The standard InChI is InChI=1S/C12H22O7.C4H10O3/c13-7-12(8-14,9-15)5-6-19-11(18)4-2-1-3-10(16)17;5-1-3-7-4-2-6/h13-15H,1-9H2,(H,16,17);5-6H,1-4H2. The van der Waals surface area contributed by atoms with Crippen LogP contribution in [-0.2, 0) is 19.1 Å². The number of carboxylic acid groups (broad SMARTS) is 1. The van der Waals surface area contributed by atoms with Gasteiger partial charge in [0, 0.05) is 18.3 Å². The predicted molar refractivity (Wildman–Crippen MR) is 90.4 cm³/mol. The summed E-state index contributed by atoms with van der Waals surface area (Å²) in [6.45, 7) is -0.483. The number of unbranched alkanes of at least 4 members (excludes halogenated alkanes) is 1. The Balaban J connectivity index is 0. The Morgan fingerprint density at radius 2 is 1.27 bits per heavy atom. The monoisotopic (exact) mass is 384 g/mol. The summed E-state index contributed by atoms with van der Waals surface area (Å²) in [6.07, 6.45) is 1.18. The molecule has 0 spiro atoms. The van der Waals surface area contributed by atoms with Gasteiger partial charge in [-0.25, -0.2) is 0 Å². The normalized spacial score (nSPS) is 10.8. The van der Waals surface area contributed by atoms with Crippen molar-refractivity contribution < 1.29 is 49.7 Å². The molecule has 156 valence electrons. The van der Waals surface area contributed by atoms with Gasteiger partial charge in [-0.05, 0) is 19.3 Å². The fourth-order valence-corrected chi connectivity index (χ4v) is 1.62. The highest BCUT2D eigenvalue weighted by molar-refractivity contribution is 5.69. The SMILES string of the molecule is O=C(O)CCCCC(=O)OCCC(CO)(CO)CO.OCCOCCO. The first kappa shape index (κ1) is 26.9. The molecule has 0 rings (SSSR count). The highest BCUT2D eigenvalue weighted by Gasteiger charge is 2.28. The maximum Gasteiger partial charge on any atom is 0.305 e. The van der Waals surface area contributed by atoms with Crippen LogP contribution in [0.4, 0.5) is 0 Å². The molecular formula is C16H32O10. The molecule has 0 radical (unpaired) electrons. The second-order valence-corrected chi connectivity index (χ2v) is 5.61. The molecule has 0 aliphatic heterocycles. The van der Waals surface area contributed by atoms with Crippen molar-refractivity contribution in [1.29, 1.82) is 0 Å². The molecule has 0 saturated carbocycles. The summed E-state index contributed by atoms with van der Waals surface area (Å²) in [5, 5.41) is 51.7. The zero-order valence-electron chi connectivity index (χ0n) is 15.0. The smallest absolute Gasteiger partial charge is 0.305 e. The first-order chi connectivity index (χ1) is 12.4. The largest absolute Gasteiger partial charge is 0.481 e. The molecule has 10 heteroatoms. The maximum atomic E-state index is 11.3. The number of carbonyl (C=O) groups is 2. The molecule has 10 nitrogen and oxygen atoms in total. The molecular weight excluding hydrogens is 352 g/mol. The molecule has 0 fully saturated rings. The number of aliphatic carboxylic acids is 1. The van der Waals surface area contributed by atoms with Crippen molar-refractivity contribution in [2.45, 2.75) is 32.1 Å². The summed E-state index contributed by atoms with van der Waals surface area (Å²) < 4.78 is 9.52. The second-order valence-electron chi connectivity index (χ2n) is 5.61. The van der Waals surface area contributed by atoms with Crippen LogP contribution in [-0.4, -0.2) is 95.4 Å². The van der Waals surface area contributed by atoms with Crippen molar-refractivity contribution in [2.75, 3.05) is 52.9 Å². The third kappa shape index (κ3) is 16.2. The zero-order valence-corrected chi connectivity index (χ0v) is 15.0. The summed E-state index contributed by atoms with van der Waals surface area (Å²) in [7, 11) is 0. The highest BCUT2D eigenvalue weighted by Crippen LogP contribution is 2.19. The van der Waals surface area contributed by atoms with Crippen LogP contribution in [0.25, 0.3) is 0 Å². The van der Waals surface area contributed by atoms with Crippen LogP contribution in [0, 0.1) is 5.41 Å². The van der Waals surface area contributed by atoms with E-state index in [-0.39, 0.29) is 39.1 Å². The molecule has 0 aliphatic rings. The fraction of sp³-hybridized carbons (Fsp3) is 0.875. The lowest BCUT2D eigenvalue weighted by atomic mass is 9.88. The van der Waals surface area contributed by atoms with Crippen molar-refractivity contribution in [3.8, 4) is 0 Å². The molecule has 0 saturated heterocycles. The third-order valence-corrected chi connectivity index (χ3v) is 3.39. The molecule has 0 atom stereocenters. The van der Waals surface area contributed by atoms with Crippen molar-refractivity contribution in [3.63, 3.8) is 0 Å². The number of hydrogen-bond acceptors (Lipinski definition) is 9. The van der Waals surface area contributed by atoms with Gasteiger partial charge < -0.3 is 40.1 Å². The molecule has 0 aromatic rings. The van der Waals surface area contributed by atoms with Crippen LogP contribution in [0.1, 0.15) is 32.1 Å². The molecule has 0 heterocycles. The average Bonchev–Trinajstić information content (AvgIpc) is 2.64. The van der Waals surface area contributed by atoms with Crippen LogP contribution >= 0.6 is 0 Å². The molecule has 0 aromatic carbocycles. The number of rotatable bonds is 15. The van der Waals surface area contributed by atoms with E-state index in [1.54, 1.807) is 0 Å². The van der Waals surface area contributed by atoms with E-state index >= 15 is 0 Å². The number of carboxylic acids is 1. The summed E-state index contributed by atoms with van der Waals surface area (Å²) in [6, 6.07) is 0. The first-order valence-corrected chi connectivity index (χ1v) is 8.40. The molecule has 26 heavy (non-hydrogen) atoms. The highest BCUT2D eigenvalue weighted by atomic mass is 16.5. The number of aliphatic hydroxyl groups excluding tert-OH is 5. The van der Waals surface area contributed by atoms with Gasteiger partial charge in [-0.3, -0.25) is 9.59 Å². The van der Waals surface area contributed by atoms with Crippen molar-refractivity contribution in [1.82, 2.24) is 0 Å². The minimum Gasteiger partial charge on any atom is -0.481 e. The maximum absolute atomic E-state index is 11.3. The van der Waals surface area contributed by atoms with E-state index in [0.717, 1.165) is 0 Å². The topological polar surface area (TPSA) is 174 Å². The van der Waals surface area contributed by atoms with E-state index in [2.05, 4.69) is 4.74 Å². The lowest BCUT2D eigenvalue weighted by Crippen LogP contribution is -2.35. The van der Waals surface area contributed by atoms with Crippen molar-refractivity contribution in [3.05, 3.63) is 0 Å². The van der Waals surface area contributed by atoms with Crippen molar-refractivity contribution in [2.24, 2.45) is 5.41 Å². The van der Waals surface area contributed by atoms with Crippen LogP contribution < -0.4 is 0 Å². The zero-order chi connectivity index (χ0) is 20.3. The Morgan fingerprint density at radius 1 is 0.769 bits per heavy atom. The number of carbonyl (C=O) groups excluding carboxylic acids is 1. The van der Waals surface area contributed by atoms with E-state index in [9.17, 15) is 9.59 Å². The summed E-state index contributed by atoms with van der Waals surface area (Å²) in [5.41, 5.74) is -1.04. The van der Waals surface area contributed by atoms with E-state index in [0.29, 0.717) is 26.1 Å². The number of hydrogen-bond donors (Lipinski definition) is 6. The quantitative estimate of drug-likeness (QED) is 0.144. The van der Waals surface area contributed by atoms with Crippen LogP contribution in [0.3, 0.4) is 0 Å². The van der Waals surface area contributed by atoms with E-state index in [1.807, 2.05) is 0 Å².